The second-order valence-corrected chi connectivity index (χ2v) is 2.85. The number of nitrogens with zero attached hydrogens (tertiary/aromatic N) is 5. The first-order valence-corrected chi connectivity index (χ1v) is 4.53. The Labute approximate surface area is 91.6 Å². The maximum Gasteiger partial charge on any atom is 0.323 e. The molecule has 7 heteroatoms. The zero-order valence-electron chi connectivity index (χ0n) is 8.45. The summed E-state index contributed by atoms with van der Waals surface area (Å²) < 4.78 is 6.79. The predicted molar refractivity (Wildman–Crippen MR) is 57.1 cm³/mol. The maximum atomic E-state index is 5.54. The van der Waals surface area contributed by atoms with Gasteiger partial charge in [-0.3, -0.25) is 4.57 Å². The molecule has 82 valence electrons. The minimum absolute atomic E-state index is 0.0952. The van der Waals surface area contributed by atoms with Gasteiger partial charge in [-0.2, -0.15) is 15.0 Å². The molecule has 0 aliphatic carbocycles. The second kappa shape index (κ2) is 4.39. The van der Waals surface area contributed by atoms with E-state index in [-0.39, 0.29) is 12.0 Å². The van der Waals surface area contributed by atoms with E-state index in [9.17, 15) is 0 Å². The molecule has 0 aliphatic rings. The summed E-state index contributed by atoms with van der Waals surface area (Å²) in [4.78, 5) is 15.7. The van der Waals surface area contributed by atoms with Crippen molar-refractivity contribution in [2.75, 3.05) is 12.3 Å². The van der Waals surface area contributed by atoms with Crippen molar-refractivity contribution in [1.29, 1.82) is 0 Å². The van der Waals surface area contributed by atoms with Gasteiger partial charge in [0.05, 0.1) is 0 Å². The Morgan fingerprint density at radius 1 is 1.44 bits per heavy atom. The first-order valence-electron chi connectivity index (χ1n) is 4.53. The zero-order valence-corrected chi connectivity index (χ0v) is 8.45. The fourth-order valence-electron chi connectivity index (χ4n) is 1.05. The Hall–Kier alpha value is -2.44. The molecular formula is C9H10N6O. The number of hydrogen-bond acceptors (Lipinski definition) is 6. The quantitative estimate of drug-likeness (QED) is 0.737. The van der Waals surface area contributed by atoms with Gasteiger partial charge in [0.2, 0.25) is 11.9 Å². The highest BCUT2D eigenvalue weighted by molar-refractivity contribution is 5.25. The number of imidazole rings is 1. The molecule has 0 bridgehead atoms. The van der Waals surface area contributed by atoms with Crippen LogP contribution in [0.1, 0.15) is 0 Å². The van der Waals surface area contributed by atoms with E-state index >= 15 is 0 Å². The van der Waals surface area contributed by atoms with Crippen LogP contribution in [0.4, 0.5) is 5.95 Å². The summed E-state index contributed by atoms with van der Waals surface area (Å²) in [5.41, 5.74) is 5.54. The molecule has 2 heterocycles. The molecule has 0 saturated carbocycles. The summed E-state index contributed by atoms with van der Waals surface area (Å²) in [7, 11) is 0. The van der Waals surface area contributed by atoms with Gasteiger partial charge in [-0.05, 0) is 0 Å². The first kappa shape index (κ1) is 10.1. The van der Waals surface area contributed by atoms with E-state index in [2.05, 4.69) is 26.5 Å². The van der Waals surface area contributed by atoms with Crippen LogP contribution in [0.25, 0.3) is 5.95 Å². The zero-order chi connectivity index (χ0) is 11.4. The molecule has 2 aromatic heterocycles. The molecule has 0 saturated heterocycles. The number of aromatic nitrogens is 5. The van der Waals surface area contributed by atoms with Crippen LogP contribution in [0.15, 0.2) is 31.4 Å². The molecule has 7 nitrogen and oxygen atoms in total. The van der Waals surface area contributed by atoms with Crippen molar-refractivity contribution in [2.24, 2.45) is 0 Å². The van der Waals surface area contributed by atoms with Gasteiger partial charge >= 0.3 is 6.01 Å². The Morgan fingerprint density at radius 3 is 3.00 bits per heavy atom. The molecule has 2 rings (SSSR count). The van der Waals surface area contributed by atoms with E-state index in [0.29, 0.717) is 12.6 Å². The Kier molecular flexibility index (Phi) is 2.77. The topological polar surface area (TPSA) is 91.7 Å². The van der Waals surface area contributed by atoms with E-state index in [4.69, 9.17) is 10.5 Å². The highest BCUT2D eigenvalue weighted by atomic mass is 16.5. The van der Waals surface area contributed by atoms with Gasteiger partial charge in [-0.1, -0.05) is 12.7 Å². The number of anilines is 1. The molecule has 0 atom stereocenters. The van der Waals surface area contributed by atoms with Crippen molar-refractivity contribution in [1.82, 2.24) is 24.5 Å². The van der Waals surface area contributed by atoms with Gasteiger partial charge in [0, 0.05) is 12.4 Å². The first-order chi connectivity index (χ1) is 7.79. The molecular weight excluding hydrogens is 208 g/mol. The van der Waals surface area contributed by atoms with Gasteiger partial charge in [-0.25, -0.2) is 4.98 Å². The maximum absolute atomic E-state index is 5.54. The molecule has 2 N–H and O–H groups in total. The Balaban J connectivity index is 2.32. The molecule has 0 unspecified atom stereocenters. The van der Waals surface area contributed by atoms with E-state index in [1.807, 2.05) is 0 Å². The number of nitrogen functional groups attached to an aromatic ring is 1. The SMILES string of the molecule is C=CCOc1nc(N)nc(-n2ccnc2)n1. The minimum Gasteiger partial charge on any atom is -0.459 e. The summed E-state index contributed by atoms with van der Waals surface area (Å²) in [6.07, 6.45) is 6.47. The van der Waals surface area contributed by atoms with E-state index in [1.165, 1.54) is 0 Å². The lowest BCUT2D eigenvalue weighted by Gasteiger charge is -2.04. The predicted octanol–water partition coefficient (Wildman–Crippen LogP) is 0.204. The van der Waals surface area contributed by atoms with Gasteiger partial charge in [0.15, 0.2) is 0 Å². The molecule has 0 fully saturated rings. The van der Waals surface area contributed by atoms with Crippen molar-refractivity contribution in [3.63, 3.8) is 0 Å². The summed E-state index contributed by atoms with van der Waals surface area (Å²) in [6, 6.07) is 0.163. The van der Waals surface area contributed by atoms with Crippen LogP contribution >= 0.6 is 0 Å². The normalized spacial score (nSPS) is 10.0. The van der Waals surface area contributed by atoms with Gasteiger partial charge in [-0.15, -0.1) is 0 Å². The minimum atomic E-state index is 0.0952. The van der Waals surface area contributed by atoms with Crippen molar-refractivity contribution >= 4 is 5.95 Å². The van der Waals surface area contributed by atoms with Crippen LogP contribution in [-0.4, -0.2) is 31.1 Å². The van der Waals surface area contributed by atoms with Crippen molar-refractivity contribution in [2.45, 2.75) is 0 Å². The number of ether oxygens (including phenoxy) is 1. The number of hydrogen-bond donors (Lipinski definition) is 1. The molecule has 0 radical (unpaired) electrons. The lowest BCUT2D eigenvalue weighted by atomic mass is 10.7. The fraction of sp³-hybridized carbons (Fsp3) is 0.111. The lowest BCUT2D eigenvalue weighted by Crippen LogP contribution is -2.08. The average Bonchev–Trinajstić information content (AvgIpc) is 2.79. The van der Waals surface area contributed by atoms with Gasteiger partial charge < -0.3 is 10.5 Å². The highest BCUT2D eigenvalue weighted by Gasteiger charge is 2.06. The summed E-state index contributed by atoms with van der Waals surface area (Å²) in [5.74, 6) is 0.460. The van der Waals surface area contributed by atoms with Crippen molar-refractivity contribution < 1.29 is 4.74 Å². The van der Waals surface area contributed by atoms with Crippen LogP contribution in [0, 0.1) is 0 Å². The van der Waals surface area contributed by atoms with E-state index < -0.39 is 0 Å². The molecule has 2 aromatic rings. The molecule has 0 spiro atoms. The standard InChI is InChI=1S/C9H10N6O/c1-2-5-16-9-13-7(10)12-8(14-9)15-4-3-11-6-15/h2-4,6H,1,5H2,(H2,10,12,13,14). The summed E-state index contributed by atoms with van der Waals surface area (Å²) >= 11 is 0. The van der Waals surface area contributed by atoms with Crippen LogP contribution in [0.2, 0.25) is 0 Å². The van der Waals surface area contributed by atoms with E-state index in [1.54, 1.807) is 29.4 Å². The third-order valence-electron chi connectivity index (χ3n) is 1.69. The Morgan fingerprint density at radius 2 is 2.31 bits per heavy atom. The molecule has 0 amide bonds. The third-order valence-corrected chi connectivity index (χ3v) is 1.69. The third kappa shape index (κ3) is 2.14. The highest BCUT2D eigenvalue weighted by Crippen LogP contribution is 2.08. The van der Waals surface area contributed by atoms with Crippen LogP contribution < -0.4 is 10.5 Å². The molecule has 0 aromatic carbocycles. The largest absolute Gasteiger partial charge is 0.459 e. The number of rotatable bonds is 4. The fourth-order valence-corrected chi connectivity index (χ4v) is 1.05. The average molecular weight is 218 g/mol. The van der Waals surface area contributed by atoms with Crippen molar-refractivity contribution in [3.8, 4) is 12.0 Å². The van der Waals surface area contributed by atoms with E-state index in [0.717, 1.165) is 0 Å². The molecule has 16 heavy (non-hydrogen) atoms. The van der Waals surface area contributed by atoms with Crippen LogP contribution in [0.5, 0.6) is 6.01 Å². The summed E-state index contributed by atoms with van der Waals surface area (Å²) in [5, 5.41) is 0. The van der Waals surface area contributed by atoms with Gasteiger partial charge in [0.25, 0.3) is 0 Å². The molecule has 0 aliphatic heterocycles. The summed E-state index contributed by atoms with van der Waals surface area (Å²) in [6.45, 7) is 3.84. The number of nitrogens with two attached hydrogens (primary N) is 1. The van der Waals surface area contributed by atoms with Crippen LogP contribution in [0.3, 0.4) is 0 Å². The smallest absolute Gasteiger partial charge is 0.323 e. The van der Waals surface area contributed by atoms with Crippen LogP contribution in [-0.2, 0) is 0 Å². The lowest BCUT2D eigenvalue weighted by molar-refractivity contribution is 0.332. The van der Waals surface area contributed by atoms with Gasteiger partial charge in [0.1, 0.15) is 12.9 Å². The van der Waals surface area contributed by atoms with Crippen molar-refractivity contribution in [3.05, 3.63) is 31.4 Å². The Bertz CT molecular complexity index is 481. The second-order valence-electron chi connectivity index (χ2n) is 2.85. The monoisotopic (exact) mass is 218 g/mol.